The Hall–Kier alpha value is -1.55. The fourth-order valence-electron chi connectivity index (χ4n) is 3.32. The van der Waals surface area contributed by atoms with Gasteiger partial charge in [-0.1, -0.05) is 12.5 Å². The highest BCUT2D eigenvalue weighted by Gasteiger charge is 2.34. The Kier molecular flexibility index (Phi) is 3.92. The van der Waals surface area contributed by atoms with Gasteiger partial charge in [0.1, 0.15) is 5.75 Å². The van der Waals surface area contributed by atoms with Crippen LogP contribution in [-0.2, 0) is 0 Å². The highest BCUT2D eigenvalue weighted by Crippen LogP contribution is 2.30. The molecule has 20 heavy (non-hydrogen) atoms. The van der Waals surface area contributed by atoms with Crippen molar-refractivity contribution in [2.75, 3.05) is 25.0 Å². The third kappa shape index (κ3) is 2.66. The van der Waals surface area contributed by atoms with E-state index in [9.17, 15) is 0 Å². The molecule has 4 heteroatoms. The van der Waals surface area contributed by atoms with Crippen molar-refractivity contribution in [2.45, 2.75) is 38.3 Å². The second-order valence-corrected chi connectivity index (χ2v) is 5.78. The molecule has 2 saturated heterocycles. The van der Waals surface area contributed by atoms with Crippen LogP contribution in [0.2, 0.25) is 0 Å². The maximum absolute atomic E-state index is 5.52. The van der Waals surface area contributed by atoms with E-state index in [1.165, 1.54) is 24.9 Å². The lowest BCUT2D eigenvalue weighted by molar-refractivity contribution is 0.0950. The first-order valence-electron chi connectivity index (χ1n) is 7.47. The summed E-state index contributed by atoms with van der Waals surface area (Å²) < 4.78 is 5.52. The van der Waals surface area contributed by atoms with Crippen LogP contribution >= 0.6 is 0 Å². The van der Waals surface area contributed by atoms with E-state index in [0.29, 0.717) is 12.1 Å². The van der Waals surface area contributed by atoms with E-state index >= 15 is 0 Å². The van der Waals surface area contributed by atoms with Crippen LogP contribution in [0, 0.1) is 0 Å². The fraction of sp³-hybridized carbons (Fsp3) is 0.562. The van der Waals surface area contributed by atoms with Gasteiger partial charge in [-0.15, -0.1) is 0 Å². The van der Waals surface area contributed by atoms with Crippen LogP contribution in [0.1, 0.15) is 26.2 Å². The van der Waals surface area contributed by atoms with Gasteiger partial charge in [0.2, 0.25) is 0 Å². The van der Waals surface area contributed by atoms with Gasteiger partial charge < -0.3 is 9.64 Å². The zero-order valence-corrected chi connectivity index (χ0v) is 12.3. The number of rotatable bonds is 3. The fourth-order valence-corrected chi connectivity index (χ4v) is 3.32. The van der Waals surface area contributed by atoms with E-state index in [-0.39, 0.29) is 0 Å². The van der Waals surface area contributed by atoms with Crippen molar-refractivity contribution in [3.05, 3.63) is 30.8 Å². The van der Waals surface area contributed by atoms with Crippen molar-refractivity contribution in [1.82, 2.24) is 9.88 Å². The summed E-state index contributed by atoms with van der Waals surface area (Å²) in [5, 5.41) is 0. The molecule has 0 spiro atoms. The first kappa shape index (κ1) is 13.4. The molecule has 0 N–H and O–H groups in total. The van der Waals surface area contributed by atoms with Crippen molar-refractivity contribution in [3.63, 3.8) is 0 Å². The topological polar surface area (TPSA) is 28.6 Å². The second kappa shape index (κ2) is 5.83. The average Bonchev–Trinajstić information content (AvgIpc) is 2.45. The SMILES string of the molecule is CC=COc1cncc(N2CC3CCCC(C2)N3C)c1. The molecule has 1 aromatic rings. The summed E-state index contributed by atoms with van der Waals surface area (Å²) >= 11 is 0. The number of aromatic nitrogens is 1. The molecule has 0 radical (unpaired) electrons. The molecule has 2 unspecified atom stereocenters. The maximum atomic E-state index is 5.52. The molecule has 2 fully saturated rings. The molecule has 3 heterocycles. The van der Waals surface area contributed by atoms with Crippen molar-refractivity contribution >= 4 is 5.69 Å². The smallest absolute Gasteiger partial charge is 0.146 e. The molecule has 2 bridgehead atoms. The molecule has 4 nitrogen and oxygen atoms in total. The summed E-state index contributed by atoms with van der Waals surface area (Å²) in [7, 11) is 2.27. The van der Waals surface area contributed by atoms with E-state index < -0.39 is 0 Å². The summed E-state index contributed by atoms with van der Waals surface area (Å²) in [6, 6.07) is 3.46. The zero-order valence-electron chi connectivity index (χ0n) is 12.3. The number of hydrogen-bond acceptors (Lipinski definition) is 4. The molecule has 2 aliphatic heterocycles. The lowest BCUT2D eigenvalue weighted by atomic mass is 9.92. The molecule has 2 atom stereocenters. The highest BCUT2D eigenvalue weighted by atomic mass is 16.5. The number of anilines is 1. The van der Waals surface area contributed by atoms with Crippen LogP contribution in [0.25, 0.3) is 0 Å². The van der Waals surface area contributed by atoms with Crippen LogP contribution < -0.4 is 9.64 Å². The molecular formula is C16H23N3O. The first-order chi connectivity index (χ1) is 9.78. The van der Waals surface area contributed by atoms with Gasteiger partial charge in [-0.05, 0) is 26.8 Å². The van der Waals surface area contributed by atoms with Gasteiger partial charge in [0.05, 0.1) is 24.3 Å². The molecule has 3 rings (SSSR count). The van der Waals surface area contributed by atoms with Gasteiger partial charge in [0, 0.05) is 31.2 Å². The number of hydrogen-bond donors (Lipinski definition) is 0. The van der Waals surface area contributed by atoms with Crippen LogP contribution in [0.3, 0.4) is 0 Å². The molecule has 1 aromatic heterocycles. The van der Waals surface area contributed by atoms with Crippen LogP contribution in [0.5, 0.6) is 5.75 Å². The monoisotopic (exact) mass is 273 g/mol. The average molecular weight is 273 g/mol. The number of nitrogens with zero attached hydrogens (tertiary/aromatic N) is 3. The second-order valence-electron chi connectivity index (χ2n) is 5.78. The normalized spacial score (nSPS) is 27.0. The van der Waals surface area contributed by atoms with E-state index in [0.717, 1.165) is 18.8 Å². The first-order valence-corrected chi connectivity index (χ1v) is 7.47. The van der Waals surface area contributed by atoms with Gasteiger partial charge in [0.15, 0.2) is 0 Å². The number of piperazine rings is 1. The Morgan fingerprint density at radius 1 is 1.25 bits per heavy atom. The van der Waals surface area contributed by atoms with E-state index in [1.807, 2.05) is 19.2 Å². The minimum Gasteiger partial charge on any atom is -0.464 e. The predicted molar refractivity (Wildman–Crippen MR) is 81.1 cm³/mol. The Balaban J connectivity index is 1.76. The predicted octanol–water partition coefficient (Wildman–Crippen LogP) is 2.67. The zero-order chi connectivity index (χ0) is 13.9. The Labute approximate surface area is 121 Å². The molecule has 2 aliphatic rings. The largest absolute Gasteiger partial charge is 0.464 e. The summed E-state index contributed by atoms with van der Waals surface area (Å²) in [4.78, 5) is 9.34. The molecular weight excluding hydrogens is 250 g/mol. The van der Waals surface area contributed by atoms with Crippen LogP contribution in [0.4, 0.5) is 5.69 Å². The Bertz CT molecular complexity index is 474. The number of likely N-dealkylation sites (N-methyl/N-ethyl adjacent to an activating group) is 1. The van der Waals surface area contributed by atoms with Gasteiger partial charge in [-0.2, -0.15) is 0 Å². The van der Waals surface area contributed by atoms with Gasteiger partial charge in [0.25, 0.3) is 0 Å². The molecule has 0 aromatic carbocycles. The standard InChI is InChI=1S/C16H23N3O/c1-3-7-20-16-8-15(9-17-10-16)19-11-13-5-4-6-14(12-19)18(13)2/h3,7-10,13-14H,4-6,11-12H2,1-2H3. The van der Waals surface area contributed by atoms with Crippen molar-refractivity contribution < 1.29 is 4.74 Å². The summed E-state index contributed by atoms with van der Waals surface area (Å²) in [5.41, 5.74) is 1.18. The lowest BCUT2D eigenvalue weighted by Crippen LogP contribution is -2.59. The summed E-state index contributed by atoms with van der Waals surface area (Å²) in [5.74, 6) is 0.810. The maximum Gasteiger partial charge on any atom is 0.146 e. The van der Waals surface area contributed by atoms with E-state index in [1.54, 1.807) is 12.5 Å². The van der Waals surface area contributed by atoms with Crippen molar-refractivity contribution in [2.24, 2.45) is 0 Å². The number of ether oxygens (including phenoxy) is 1. The highest BCUT2D eigenvalue weighted by molar-refractivity contribution is 5.49. The van der Waals surface area contributed by atoms with Crippen molar-refractivity contribution in [1.29, 1.82) is 0 Å². The quantitative estimate of drug-likeness (QED) is 0.792. The number of fused-ring (bicyclic) bond motifs is 2. The van der Waals surface area contributed by atoms with Crippen molar-refractivity contribution in [3.8, 4) is 5.75 Å². The van der Waals surface area contributed by atoms with Gasteiger partial charge >= 0.3 is 0 Å². The minimum atomic E-state index is 0.683. The van der Waals surface area contributed by atoms with E-state index in [4.69, 9.17) is 4.74 Å². The molecule has 0 saturated carbocycles. The number of allylic oxidation sites excluding steroid dienone is 1. The number of pyridine rings is 1. The molecule has 0 amide bonds. The Morgan fingerprint density at radius 3 is 2.70 bits per heavy atom. The Morgan fingerprint density at radius 2 is 2.00 bits per heavy atom. The summed E-state index contributed by atoms with van der Waals surface area (Å²) in [6.07, 6.45) is 11.3. The van der Waals surface area contributed by atoms with Gasteiger partial charge in [-0.3, -0.25) is 9.88 Å². The van der Waals surface area contributed by atoms with Crippen LogP contribution in [-0.4, -0.2) is 42.1 Å². The summed E-state index contributed by atoms with van der Waals surface area (Å²) in [6.45, 7) is 4.14. The third-order valence-electron chi connectivity index (χ3n) is 4.49. The third-order valence-corrected chi connectivity index (χ3v) is 4.49. The molecule has 0 aliphatic carbocycles. The van der Waals surface area contributed by atoms with E-state index in [2.05, 4.69) is 27.9 Å². The minimum absolute atomic E-state index is 0.683. The lowest BCUT2D eigenvalue weighted by Gasteiger charge is -2.49. The number of piperidine rings is 1. The molecule has 108 valence electrons. The van der Waals surface area contributed by atoms with Crippen LogP contribution in [0.15, 0.2) is 30.8 Å². The van der Waals surface area contributed by atoms with Gasteiger partial charge in [-0.25, -0.2) is 0 Å².